The van der Waals surface area contributed by atoms with Gasteiger partial charge in [0.2, 0.25) is 0 Å². The molecular weight excluding hydrogens is 218 g/mol. The van der Waals surface area contributed by atoms with Crippen LogP contribution in [0.3, 0.4) is 0 Å². The molecule has 1 heterocycles. The Balaban J connectivity index is 2.79. The van der Waals surface area contributed by atoms with Crippen molar-refractivity contribution in [2.75, 3.05) is 0 Å². The molecular formula is C12H12BFN2O. The largest absolute Gasteiger partial charge is 0.317 e. The highest BCUT2D eigenvalue weighted by atomic mass is 19.1. The number of nitrogens with zero attached hydrogens (tertiary/aromatic N) is 1. The molecule has 0 bridgehead atoms. The lowest BCUT2D eigenvalue weighted by atomic mass is 9.96. The van der Waals surface area contributed by atoms with Crippen LogP contribution < -0.4 is 5.56 Å². The third-order valence-corrected chi connectivity index (χ3v) is 2.68. The van der Waals surface area contributed by atoms with E-state index in [9.17, 15) is 9.18 Å². The van der Waals surface area contributed by atoms with Gasteiger partial charge in [0.05, 0.1) is 13.4 Å². The van der Waals surface area contributed by atoms with Crippen LogP contribution in [0.4, 0.5) is 4.39 Å². The van der Waals surface area contributed by atoms with Crippen molar-refractivity contribution in [3.05, 3.63) is 39.6 Å². The second kappa shape index (κ2) is 4.32. The number of aromatic nitrogens is 2. The number of aromatic amines is 1. The molecule has 86 valence electrons. The highest BCUT2D eigenvalue weighted by Crippen LogP contribution is 2.18. The van der Waals surface area contributed by atoms with Crippen LogP contribution in [0, 0.1) is 5.82 Å². The van der Waals surface area contributed by atoms with E-state index < -0.39 is 5.82 Å². The molecule has 3 nitrogen and oxygen atoms in total. The van der Waals surface area contributed by atoms with Crippen molar-refractivity contribution in [1.29, 1.82) is 0 Å². The second-order valence-corrected chi connectivity index (χ2v) is 4.24. The van der Waals surface area contributed by atoms with Gasteiger partial charge in [0.25, 0.3) is 5.56 Å². The van der Waals surface area contributed by atoms with Crippen LogP contribution in [0.2, 0.25) is 0 Å². The fourth-order valence-corrected chi connectivity index (χ4v) is 1.73. The highest BCUT2D eigenvalue weighted by molar-refractivity contribution is 6.08. The van der Waals surface area contributed by atoms with Crippen molar-refractivity contribution in [2.24, 2.45) is 0 Å². The van der Waals surface area contributed by atoms with E-state index >= 15 is 0 Å². The molecule has 0 fully saturated rings. The quantitative estimate of drug-likeness (QED) is 0.800. The van der Waals surface area contributed by atoms with Gasteiger partial charge in [-0.3, -0.25) is 4.79 Å². The van der Waals surface area contributed by atoms with E-state index in [2.05, 4.69) is 9.97 Å². The molecule has 1 aromatic heterocycles. The maximum atomic E-state index is 13.9. The summed E-state index contributed by atoms with van der Waals surface area (Å²) in [6.07, 6.45) is 0.0930. The fourth-order valence-electron chi connectivity index (χ4n) is 1.73. The Bertz CT molecular complexity index is 622. The number of rotatable bonds is 2. The molecule has 0 saturated heterocycles. The summed E-state index contributed by atoms with van der Waals surface area (Å²) < 4.78 is 13.9. The summed E-state index contributed by atoms with van der Waals surface area (Å²) in [7, 11) is 5.41. The molecule has 0 amide bonds. The maximum Gasteiger partial charge on any atom is 0.270 e. The molecule has 0 aliphatic carbocycles. The average Bonchev–Trinajstić information content (AvgIpc) is 2.29. The second-order valence-electron chi connectivity index (χ2n) is 4.24. The minimum atomic E-state index is -0.495. The third kappa shape index (κ3) is 1.97. The predicted molar refractivity (Wildman–Crippen MR) is 65.9 cm³/mol. The van der Waals surface area contributed by atoms with Gasteiger partial charge < -0.3 is 4.98 Å². The Morgan fingerprint density at radius 3 is 2.76 bits per heavy atom. The van der Waals surface area contributed by atoms with E-state index in [-0.39, 0.29) is 23.3 Å². The third-order valence-electron chi connectivity index (χ3n) is 2.68. The molecule has 0 saturated carbocycles. The van der Waals surface area contributed by atoms with Crippen LogP contribution in [-0.4, -0.2) is 17.8 Å². The molecule has 0 spiro atoms. The Morgan fingerprint density at radius 1 is 1.47 bits per heavy atom. The summed E-state index contributed by atoms with van der Waals surface area (Å²) >= 11 is 0. The Hall–Kier alpha value is -1.65. The van der Waals surface area contributed by atoms with Crippen LogP contribution in [-0.2, 0) is 6.32 Å². The molecule has 5 heteroatoms. The van der Waals surface area contributed by atoms with Gasteiger partial charge in [-0.05, 0) is 11.6 Å². The molecule has 2 aromatic rings. The van der Waals surface area contributed by atoms with Gasteiger partial charge >= 0.3 is 0 Å². The van der Waals surface area contributed by atoms with Crippen LogP contribution in [0.25, 0.3) is 11.0 Å². The molecule has 2 radical (unpaired) electrons. The van der Waals surface area contributed by atoms with E-state index in [0.29, 0.717) is 16.8 Å². The zero-order chi connectivity index (χ0) is 12.6. The molecule has 17 heavy (non-hydrogen) atoms. The van der Waals surface area contributed by atoms with Crippen molar-refractivity contribution in [3.63, 3.8) is 0 Å². The molecule has 0 aliphatic rings. The molecule has 0 atom stereocenters. The van der Waals surface area contributed by atoms with Crippen LogP contribution in [0.15, 0.2) is 16.9 Å². The number of hydrogen-bond donors (Lipinski definition) is 1. The van der Waals surface area contributed by atoms with E-state index in [1.54, 1.807) is 12.1 Å². The van der Waals surface area contributed by atoms with Crippen molar-refractivity contribution < 1.29 is 4.39 Å². The first-order valence-corrected chi connectivity index (χ1v) is 5.46. The number of H-pyrrole nitrogens is 1. The van der Waals surface area contributed by atoms with Crippen molar-refractivity contribution >= 4 is 18.9 Å². The maximum absolute atomic E-state index is 13.9. The summed E-state index contributed by atoms with van der Waals surface area (Å²) in [5.74, 6) is -0.495. The molecule has 0 unspecified atom stereocenters. The summed E-state index contributed by atoms with van der Waals surface area (Å²) in [4.78, 5) is 18.4. The van der Waals surface area contributed by atoms with Gasteiger partial charge in [-0.1, -0.05) is 26.2 Å². The number of fused-ring (bicyclic) bond motifs is 1. The molecule has 1 N–H and O–H groups in total. The van der Waals surface area contributed by atoms with Gasteiger partial charge in [0, 0.05) is 5.92 Å². The predicted octanol–water partition coefficient (Wildman–Crippen LogP) is 1.85. The van der Waals surface area contributed by atoms with Crippen LogP contribution in [0.5, 0.6) is 0 Å². The van der Waals surface area contributed by atoms with E-state index in [4.69, 9.17) is 7.85 Å². The topological polar surface area (TPSA) is 45.8 Å². The zero-order valence-corrected chi connectivity index (χ0v) is 9.75. The van der Waals surface area contributed by atoms with E-state index in [0.717, 1.165) is 0 Å². The normalized spacial score (nSPS) is 11.3. The van der Waals surface area contributed by atoms with Crippen molar-refractivity contribution in [3.8, 4) is 0 Å². The first kappa shape index (κ1) is 11.8. The smallest absolute Gasteiger partial charge is 0.270 e. The standard InChI is InChI=1S/C12H12BFN2O/c1-6(2)10-12(17)16-11-8(15-10)4-3-7(5-13)9(11)14/h3-4,6H,5H2,1-2H3,(H,16,17). The summed E-state index contributed by atoms with van der Waals surface area (Å²) in [6.45, 7) is 3.74. The average molecular weight is 230 g/mol. The van der Waals surface area contributed by atoms with E-state index in [1.165, 1.54) is 0 Å². The lowest BCUT2D eigenvalue weighted by Gasteiger charge is -2.07. The van der Waals surface area contributed by atoms with Gasteiger partial charge in [0.15, 0.2) is 5.82 Å². The van der Waals surface area contributed by atoms with Gasteiger partial charge in [0.1, 0.15) is 11.2 Å². The Kier molecular flexibility index (Phi) is 3.00. The van der Waals surface area contributed by atoms with Crippen LogP contribution >= 0.6 is 0 Å². The van der Waals surface area contributed by atoms with Gasteiger partial charge in [-0.25, -0.2) is 9.37 Å². The van der Waals surface area contributed by atoms with Crippen molar-refractivity contribution in [1.82, 2.24) is 9.97 Å². The molecule has 0 aliphatic heterocycles. The fraction of sp³-hybridized carbons (Fsp3) is 0.333. The molecule has 1 aromatic carbocycles. The highest BCUT2D eigenvalue weighted by Gasteiger charge is 2.12. The minimum absolute atomic E-state index is 0.000367. The number of benzene rings is 1. The summed E-state index contributed by atoms with van der Waals surface area (Å²) in [5.41, 5.74) is 1.01. The Labute approximate surface area is 99.5 Å². The Morgan fingerprint density at radius 2 is 2.18 bits per heavy atom. The SMILES string of the molecule is [B]Cc1ccc2nc(C(C)C)c(=O)[nH]c2c1F. The number of halogens is 1. The lowest BCUT2D eigenvalue weighted by Crippen LogP contribution is -2.17. The van der Waals surface area contributed by atoms with Crippen molar-refractivity contribution in [2.45, 2.75) is 26.1 Å². The minimum Gasteiger partial charge on any atom is -0.317 e. The van der Waals surface area contributed by atoms with E-state index in [1.807, 2.05) is 13.8 Å². The first-order valence-electron chi connectivity index (χ1n) is 5.46. The van der Waals surface area contributed by atoms with Crippen LogP contribution in [0.1, 0.15) is 31.0 Å². The summed E-state index contributed by atoms with van der Waals surface area (Å²) in [6, 6.07) is 3.26. The summed E-state index contributed by atoms with van der Waals surface area (Å²) in [5, 5.41) is 0. The molecule has 2 rings (SSSR count). The lowest BCUT2D eigenvalue weighted by molar-refractivity contribution is 0.624. The van der Waals surface area contributed by atoms with Gasteiger partial charge in [-0.2, -0.15) is 0 Å². The monoisotopic (exact) mass is 230 g/mol. The van der Waals surface area contributed by atoms with Gasteiger partial charge in [-0.15, -0.1) is 0 Å². The zero-order valence-electron chi connectivity index (χ0n) is 9.75. The first-order chi connectivity index (χ1) is 8.04. The number of nitrogens with one attached hydrogen (secondary N) is 1. The number of hydrogen-bond acceptors (Lipinski definition) is 2.